The Labute approximate surface area is 74.0 Å². The molecule has 0 saturated heterocycles. The molecule has 0 spiro atoms. The van der Waals surface area contributed by atoms with Crippen molar-refractivity contribution in [3.8, 4) is 0 Å². The van der Waals surface area contributed by atoms with Gasteiger partial charge >= 0.3 is 0 Å². The Morgan fingerprint density at radius 3 is 2.92 bits per heavy atom. The fraction of sp³-hybridized carbons (Fsp3) is 0.900. The predicted molar refractivity (Wildman–Crippen MR) is 47.9 cm³/mol. The van der Waals surface area contributed by atoms with Gasteiger partial charge in [-0.3, -0.25) is 4.79 Å². The van der Waals surface area contributed by atoms with E-state index < -0.39 is 0 Å². The zero-order valence-electron chi connectivity index (χ0n) is 7.75. The van der Waals surface area contributed by atoms with E-state index in [2.05, 4.69) is 0 Å². The molecule has 1 saturated carbocycles. The smallest absolute Gasteiger partial charge is 0.136 e. The van der Waals surface area contributed by atoms with Gasteiger partial charge in [-0.15, -0.1) is 0 Å². The van der Waals surface area contributed by atoms with E-state index in [1.807, 2.05) is 6.92 Å². The third-order valence-electron chi connectivity index (χ3n) is 2.71. The van der Waals surface area contributed by atoms with Crippen molar-refractivity contribution in [1.82, 2.24) is 0 Å². The summed E-state index contributed by atoms with van der Waals surface area (Å²) in [6.07, 6.45) is 5.14. The molecule has 2 nitrogen and oxygen atoms in total. The van der Waals surface area contributed by atoms with Crippen molar-refractivity contribution < 1.29 is 9.90 Å². The van der Waals surface area contributed by atoms with Crippen LogP contribution in [0.5, 0.6) is 0 Å². The van der Waals surface area contributed by atoms with E-state index in [0.717, 1.165) is 32.1 Å². The minimum atomic E-state index is -0.267. The molecule has 0 aliphatic heterocycles. The van der Waals surface area contributed by atoms with Crippen molar-refractivity contribution in [3.05, 3.63) is 0 Å². The summed E-state index contributed by atoms with van der Waals surface area (Å²) >= 11 is 0. The lowest BCUT2D eigenvalue weighted by atomic mass is 9.84. The molecule has 0 bridgehead atoms. The summed E-state index contributed by atoms with van der Waals surface area (Å²) in [6.45, 7) is 1.96. The number of aliphatic hydroxyl groups excluding tert-OH is 1. The quantitative estimate of drug-likeness (QED) is 0.702. The number of Topliss-reactive ketones (excluding diaryl/α,β-unsaturated/α-hetero) is 1. The van der Waals surface area contributed by atoms with Crippen LogP contribution in [0.4, 0.5) is 0 Å². The summed E-state index contributed by atoms with van der Waals surface area (Å²) in [5.74, 6) is 0.530. The lowest BCUT2D eigenvalue weighted by Gasteiger charge is -2.22. The molecule has 2 atom stereocenters. The Bertz CT molecular complexity index is 154. The third kappa shape index (κ3) is 2.59. The highest BCUT2D eigenvalue weighted by Gasteiger charge is 2.23. The Kier molecular flexibility index (Phi) is 3.73. The first kappa shape index (κ1) is 9.72. The second kappa shape index (κ2) is 4.61. The van der Waals surface area contributed by atoms with Crippen molar-refractivity contribution in [1.29, 1.82) is 0 Å². The summed E-state index contributed by atoms with van der Waals surface area (Å²) < 4.78 is 0. The van der Waals surface area contributed by atoms with Gasteiger partial charge in [-0.05, 0) is 25.7 Å². The maximum atomic E-state index is 11.3. The molecule has 1 aliphatic carbocycles. The molecule has 0 aromatic carbocycles. The highest BCUT2D eigenvalue weighted by atomic mass is 16.3. The zero-order chi connectivity index (χ0) is 8.97. The van der Waals surface area contributed by atoms with Gasteiger partial charge in [0, 0.05) is 12.3 Å². The van der Waals surface area contributed by atoms with E-state index in [9.17, 15) is 9.90 Å². The number of carbonyl (C=O) groups excluding carboxylic acids is 1. The minimum Gasteiger partial charge on any atom is -0.393 e. The molecule has 70 valence electrons. The van der Waals surface area contributed by atoms with Crippen LogP contribution in [-0.2, 0) is 4.79 Å². The van der Waals surface area contributed by atoms with E-state index in [4.69, 9.17) is 0 Å². The molecule has 2 unspecified atom stereocenters. The molecule has 1 rings (SSSR count). The first-order chi connectivity index (χ1) is 5.74. The molecular weight excluding hydrogens is 152 g/mol. The lowest BCUT2D eigenvalue weighted by molar-refractivity contribution is -0.125. The van der Waals surface area contributed by atoms with E-state index in [0.29, 0.717) is 12.2 Å². The van der Waals surface area contributed by atoms with Crippen LogP contribution < -0.4 is 0 Å². The normalized spacial score (nSPS) is 27.2. The molecule has 0 aromatic heterocycles. The fourth-order valence-corrected chi connectivity index (χ4v) is 1.80. The van der Waals surface area contributed by atoms with Gasteiger partial charge in [-0.25, -0.2) is 0 Å². The summed E-state index contributed by atoms with van der Waals surface area (Å²) in [5.41, 5.74) is 0. The first-order valence-electron chi connectivity index (χ1n) is 4.94. The number of carbonyl (C=O) groups is 1. The van der Waals surface area contributed by atoms with Crippen LogP contribution in [0.15, 0.2) is 0 Å². The van der Waals surface area contributed by atoms with Crippen molar-refractivity contribution in [2.24, 2.45) is 5.92 Å². The van der Waals surface area contributed by atoms with Crippen LogP contribution in [0.1, 0.15) is 45.4 Å². The zero-order valence-corrected chi connectivity index (χ0v) is 7.75. The van der Waals surface area contributed by atoms with Crippen LogP contribution >= 0.6 is 0 Å². The third-order valence-corrected chi connectivity index (χ3v) is 2.71. The van der Waals surface area contributed by atoms with Crippen LogP contribution in [0.25, 0.3) is 0 Å². The molecule has 0 aromatic rings. The molecule has 2 heteroatoms. The van der Waals surface area contributed by atoms with Crippen LogP contribution in [0, 0.1) is 5.92 Å². The molecule has 1 aliphatic rings. The molecule has 12 heavy (non-hydrogen) atoms. The standard InChI is InChI=1S/C10H18O2/c1-2-9(11)7-8-5-3-4-6-10(8)12/h8-9,11H,2-7H2,1H3. The number of rotatable bonds is 3. The summed E-state index contributed by atoms with van der Waals surface area (Å²) in [4.78, 5) is 11.3. The lowest BCUT2D eigenvalue weighted by Crippen LogP contribution is -2.23. The molecule has 0 amide bonds. The Hall–Kier alpha value is -0.370. The van der Waals surface area contributed by atoms with E-state index in [1.54, 1.807) is 0 Å². The van der Waals surface area contributed by atoms with E-state index >= 15 is 0 Å². The van der Waals surface area contributed by atoms with E-state index in [-0.39, 0.29) is 12.0 Å². The number of hydrogen-bond acceptors (Lipinski definition) is 2. The molecule has 1 N–H and O–H groups in total. The largest absolute Gasteiger partial charge is 0.393 e. The maximum absolute atomic E-state index is 11.3. The van der Waals surface area contributed by atoms with E-state index in [1.165, 1.54) is 0 Å². The monoisotopic (exact) mass is 170 g/mol. The number of ketones is 1. The van der Waals surface area contributed by atoms with Crippen molar-refractivity contribution in [2.45, 2.75) is 51.6 Å². The van der Waals surface area contributed by atoms with Gasteiger partial charge in [0.2, 0.25) is 0 Å². The Balaban J connectivity index is 2.34. The summed E-state index contributed by atoms with van der Waals surface area (Å²) in [7, 11) is 0. The SMILES string of the molecule is CCC(O)CC1CCCCC1=O. The van der Waals surface area contributed by atoms with Crippen LogP contribution in [0.3, 0.4) is 0 Å². The highest BCUT2D eigenvalue weighted by molar-refractivity contribution is 5.81. The highest BCUT2D eigenvalue weighted by Crippen LogP contribution is 2.24. The van der Waals surface area contributed by atoms with Crippen molar-refractivity contribution in [3.63, 3.8) is 0 Å². The van der Waals surface area contributed by atoms with Crippen molar-refractivity contribution in [2.75, 3.05) is 0 Å². The predicted octanol–water partition coefficient (Wildman–Crippen LogP) is 1.91. The van der Waals surface area contributed by atoms with Gasteiger partial charge in [0.1, 0.15) is 5.78 Å². The topological polar surface area (TPSA) is 37.3 Å². The van der Waals surface area contributed by atoms with Gasteiger partial charge in [-0.1, -0.05) is 13.3 Å². The van der Waals surface area contributed by atoms with Gasteiger partial charge in [0.15, 0.2) is 0 Å². The second-order valence-electron chi connectivity index (χ2n) is 3.71. The van der Waals surface area contributed by atoms with Crippen LogP contribution in [-0.4, -0.2) is 17.0 Å². The fourth-order valence-electron chi connectivity index (χ4n) is 1.80. The van der Waals surface area contributed by atoms with Gasteiger partial charge in [-0.2, -0.15) is 0 Å². The molecular formula is C10H18O2. The van der Waals surface area contributed by atoms with Gasteiger partial charge < -0.3 is 5.11 Å². The average Bonchev–Trinajstić information content (AvgIpc) is 2.09. The molecule has 1 fully saturated rings. The number of hydrogen-bond donors (Lipinski definition) is 1. The van der Waals surface area contributed by atoms with Gasteiger partial charge in [0.05, 0.1) is 6.10 Å². The number of aliphatic hydroxyl groups is 1. The average molecular weight is 170 g/mol. The molecule has 0 radical (unpaired) electrons. The Morgan fingerprint density at radius 1 is 1.58 bits per heavy atom. The van der Waals surface area contributed by atoms with Gasteiger partial charge in [0.25, 0.3) is 0 Å². The Morgan fingerprint density at radius 2 is 2.33 bits per heavy atom. The second-order valence-corrected chi connectivity index (χ2v) is 3.71. The molecule has 0 heterocycles. The van der Waals surface area contributed by atoms with Crippen molar-refractivity contribution >= 4 is 5.78 Å². The maximum Gasteiger partial charge on any atom is 0.136 e. The summed E-state index contributed by atoms with van der Waals surface area (Å²) in [6, 6.07) is 0. The first-order valence-corrected chi connectivity index (χ1v) is 4.94. The summed E-state index contributed by atoms with van der Waals surface area (Å²) in [5, 5.41) is 9.38. The minimum absolute atomic E-state index is 0.161. The van der Waals surface area contributed by atoms with Crippen LogP contribution in [0.2, 0.25) is 0 Å².